The van der Waals surface area contributed by atoms with Crippen LogP contribution in [-0.2, 0) is 16.7 Å². The number of benzene rings is 1. The summed E-state index contributed by atoms with van der Waals surface area (Å²) in [6.45, 7) is 1.79. The van der Waals surface area contributed by atoms with Gasteiger partial charge in [-0.3, -0.25) is 4.90 Å². The predicted octanol–water partition coefficient (Wildman–Crippen LogP) is 2.99. The quantitative estimate of drug-likeness (QED) is 0.489. The van der Waals surface area contributed by atoms with E-state index in [2.05, 4.69) is 11.2 Å². The van der Waals surface area contributed by atoms with Crippen LogP contribution in [-0.4, -0.2) is 53.1 Å². The molecule has 1 aromatic carbocycles. The highest BCUT2D eigenvalue weighted by Crippen LogP contribution is 2.28. The van der Waals surface area contributed by atoms with E-state index in [4.69, 9.17) is 21.9 Å². The van der Waals surface area contributed by atoms with Gasteiger partial charge in [-0.05, 0) is 56.1 Å². The summed E-state index contributed by atoms with van der Waals surface area (Å²) in [5.41, 5.74) is 0.561. The number of hydrogen-bond donors (Lipinski definition) is 0. The molecule has 8 nitrogen and oxygen atoms in total. The van der Waals surface area contributed by atoms with Crippen molar-refractivity contribution in [3.8, 4) is 17.5 Å². The van der Waals surface area contributed by atoms with Crippen molar-refractivity contribution in [2.45, 2.75) is 49.7 Å². The van der Waals surface area contributed by atoms with E-state index in [1.165, 1.54) is 0 Å². The zero-order chi connectivity index (χ0) is 20.4. The number of nitriles is 1. The Balaban J connectivity index is 1.59. The second-order valence-corrected chi connectivity index (χ2v) is 9.73. The molecule has 1 saturated heterocycles. The van der Waals surface area contributed by atoms with Gasteiger partial charge in [0.1, 0.15) is 0 Å². The Kier molecular flexibility index (Phi) is 5.83. The molecule has 2 aromatic rings. The van der Waals surface area contributed by atoms with Crippen LogP contribution < -0.4 is 0 Å². The Labute approximate surface area is 175 Å². The van der Waals surface area contributed by atoms with Crippen LogP contribution in [0.1, 0.15) is 32.1 Å². The lowest BCUT2D eigenvalue weighted by Crippen LogP contribution is -2.35. The summed E-state index contributed by atoms with van der Waals surface area (Å²) in [4.78, 5) is 2.45. The summed E-state index contributed by atoms with van der Waals surface area (Å²) in [7, 11) is -3.54. The summed E-state index contributed by atoms with van der Waals surface area (Å²) in [5, 5.41) is 13.5. The maximum absolute atomic E-state index is 13.0. The van der Waals surface area contributed by atoms with Gasteiger partial charge >= 0.3 is 0 Å². The monoisotopic (exact) mass is 433 g/mol. The van der Waals surface area contributed by atoms with Crippen molar-refractivity contribution in [2.75, 3.05) is 19.6 Å². The van der Waals surface area contributed by atoms with E-state index in [0.717, 1.165) is 32.1 Å². The van der Waals surface area contributed by atoms with E-state index >= 15 is 0 Å². The van der Waals surface area contributed by atoms with Gasteiger partial charge < -0.3 is 4.42 Å². The third kappa shape index (κ3) is 4.43. The molecule has 0 atom stereocenters. The van der Waals surface area contributed by atoms with Crippen LogP contribution in [0.15, 0.2) is 33.6 Å². The molecule has 0 radical (unpaired) electrons. The lowest BCUT2D eigenvalue weighted by Gasteiger charge is -2.25. The Morgan fingerprint density at radius 3 is 2.72 bits per heavy atom. The van der Waals surface area contributed by atoms with Gasteiger partial charge in [0.15, 0.2) is 0 Å². The summed E-state index contributed by atoms with van der Waals surface area (Å²) in [5.74, 6) is 0.276. The fourth-order valence-electron chi connectivity index (χ4n) is 3.55. The van der Waals surface area contributed by atoms with Crippen molar-refractivity contribution in [1.82, 2.24) is 19.0 Å². The molecule has 2 aliphatic rings. The smallest absolute Gasteiger partial charge is 0.288 e. The topological polar surface area (TPSA) is 95.4 Å². The lowest BCUT2D eigenvalue weighted by molar-refractivity contribution is 0.217. The second kappa shape index (κ2) is 8.36. The molecule has 2 fully saturated rings. The van der Waals surface area contributed by atoms with E-state index < -0.39 is 10.0 Å². The molecule has 1 aliphatic heterocycles. The van der Waals surface area contributed by atoms with Crippen molar-refractivity contribution in [3.63, 3.8) is 0 Å². The third-order valence-corrected chi connectivity index (χ3v) is 7.48. The largest absolute Gasteiger partial charge is 0.409 e. The minimum absolute atomic E-state index is 0.202. The molecule has 29 heavy (non-hydrogen) atoms. The van der Waals surface area contributed by atoms with Gasteiger partial charge in [0, 0.05) is 24.7 Å². The number of hydrogen-bond acceptors (Lipinski definition) is 7. The van der Waals surface area contributed by atoms with Gasteiger partial charge in [-0.2, -0.15) is 9.57 Å². The lowest BCUT2D eigenvalue weighted by atomic mass is 10.2. The molecule has 1 saturated carbocycles. The van der Waals surface area contributed by atoms with Gasteiger partial charge in [-0.1, -0.05) is 12.5 Å². The minimum Gasteiger partial charge on any atom is -0.409 e. The number of aromatic nitrogens is 2. The molecule has 1 aliphatic carbocycles. The first-order valence-corrected chi connectivity index (χ1v) is 11.6. The van der Waals surface area contributed by atoms with Gasteiger partial charge in [-0.25, -0.2) is 13.1 Å². The maximum Gasteiger partial charge on any atom is 0.288 e. The first-order valence-electron chi connectivity index (χ1n) is 9.78. The van der Waals surface area contributed by atoms with Crippen LogP contribution >= 0.6 is 12.2 Å². The third-order valence-electron chi connectivity index (χ3n) is 5.29. The van der Waals surface area contributed by atoms with Crippen LogP contribution in [0.25, 0.3) is 11.5 Å². The number of nitrogens with zero attached hydrogens (tertiary/aromatic N) is 5. The molecule has 0 spiro atoms. The van der Waals surface area contributed by atoms with Crippen molar-refractivity contribution in [1.29, 1.82) is 5.26 Å². The number of sulfonamides is 1. The van der Waals surface area contributed by atoms with Gasteiger partial charge in [0.25, 0.3) is 4.84 Å². The molecule has 0 N–H and O–H groups in total. The van der Waals surface area contributed by atoms with E-state index in [0.29, 0.717) is 37.9 Å². The van der Waals surface area contributed by atoms with E-state index in [-0.39, 0.29) is 15.6 Å². The normalized spacial score (nSPS) is 18.1. The number of piperidine rings is 1. The Hall–Kier alpha value is -2.06. The van der Waals surface area contributed by atoms with Gasteiger partial charge in [-0.15, -0.1) is 5.10 Å². The summed E-state index contributed by atoms with van der Waals surface area (Å²) in [6.07, 6.45) is 4.97. The summed E-state index contributed by atoms with van der Waals surface area (Å²) >= 11 is 5.29. The zero-order valence-corrected chi connectivity index (χ0v) is 17.7. The first-order chi connectivity index (χ1) is 14.0. The van der Waals surface area contributed by atoms with Crippen LogP contribution in [0.5, 0.6) is 0 Å². The molecule has 0 bridgehead atoms. The number of rotatable bonds is 7. The average Bonchev–Trinajstić information content (AvgIpc) is 3.52. The molecular formula is C19H23N5O3S2. The highest BCUT2D eigenvalue weighted by atomic mass is 32.2. The highest BCUT2D eigenvalue weighted by molar-refractivity contribution is 7.89. The molecule has 154 valence electrons. The van der Waals surface area contributed by atoms with Crippen molar-refractivity contribution in [3.05, 3.63) is 29.1 Å². The molecular weight excluding hydrogens is 410 g/mol. The minimum atomic E-state index is -3.54. The second-order valence-electron chi connectivity index (χ2n) is 7.44. The fraction of sp³-hybridized carbons (Fsp3) is 0.526. The van der Waals surface area contributed by atoms with Crippen molar-refractivity contribution < 1.29 is 12.8 Å². The van der Waals surface area contributed by atoms with Crippen LogP contribution in [0.3, 0.4) is 0 Å². The SMILES string of the molecule is N#CCN(Cn1nc(-c2cccc(S(=O)(=O)N3CCCCC3)c2)oc1=S)C1CC1. The molecule has 10 heteroatoms. The summed E-state index contributed by atoms with van der Waals surface area (Å²) < 4.78 is 34.6. The zero-order valence-electron chi connectivity index (χ0n) is 16.0. The van der Waals surface area contributed by atoms with Gasteiger partial charge in [0.05, 0.1) is 24.2 Å². The molecule has 2 heterocycles. The average molecular weight is 434 g/mol. The van der Waals surface area contributed by atoms with E-state index in [1.807, 2.05) is 4.90 Å². The van der Waals surface area contributed by atoms with Gasteiger partial charge in [0.2, 0.25) is 15.9 Å². The Bertz CT molecular complexity index is 1080. The standard InChI is InChI=1S/C19H23N5O3S2/c20-9-12-22(16-7-8-16)14-24-19(28)27-18(21-24)15-5-4-6-17(13-15)29(25,26)23-10-2-1-3-11-23/h4-6,13,16H,1-3,7-8,10-12,14H2. The first kappa shape index (κ1) is 20.2. The van der Waals surface area contributed by atoms with Crippen LogP contribution in [0.2, 0.25) is 0 Å². The Morgan fingerprint density at radius 1 is 1.28 bits per heavy atom. The van der Waals surface area contributed by atoms with Crippen LogP contribution in [0.4, 0.5) is 0 Å². The fourth-order valence-corrected chi connectivity index (χ4v) is 5.29. The van der Waals surface area contributed by atoms with Crippen LogP contribution in [0, 0.1) is 16.2 Å². The molecule has 4 rings (SSSR count). The van der Waals surface area contributed by atoms with E-state index in [1.54, 1.807) is 33.3 Å². The maximum atomic E-state index is 13.0. The highest BCUT2D eigenvalue weighted by Gasteiger charge is 2.30. The molecule has 1 aromatic heterocycles. The van der Waals surface area contributed by atoms with Crippen molar-refractivity contribution >= 4 is 22.2 Å². The van der Waals surface area contributed by atoms with Crippen molar-refractivity contribution in [2.24, 2.45) is 0 Å². The molecule has 0 amide bonds. The Morgan fingerprint density at radius 2 is 2.03 bits per heavy atom. The predicted molar refractivity (Wildman–Crippen MR) is 109 cm³/mol. The summed E-state index contributed by atoms with van der Waals surface area (Å²) in [6, 6.07) is 9.19. The van der Waals surface area contributed by atoms with E-state index in [9.17, 15) is 8.42 Å². The molecule has 0 unspecified atom stereocenters.